The fourth-order valence-corrected chi connectivity index (χ4v) is 1.67. The molecule has 0 saturated heterocycles. The fraction of sp³-hybridized carbons (Fsp3) is 0.176. The van der Waals surface area contributed by atoms with Crippen molar-refractivity contribution >= 4 is 0 Å². The van der Waals surface area contributed by atoms with E-state index in [1.807, 2.05) is 24.3 Å². The summed E-state index contributed by atoms with van der Waals surface area (Å²) >= 11 is 0. The van der Waals surface area contributed by atoms with Gasteiger partial charge in [0.2, 0.25) is 0 Å². The molecule has 2 aromatic carbocycles. The van der Waals surface area contributed by atoms with Crippen molar-refractivity contribution in [3.05, 3.63) is 70.8 Å². The lowest BCUT2D eigenvalue weighted by molar-refractivity contribution is 0.508. The molecule has 0 amide bonds. The zero-order valence-electron chi connectivity index (χ0n) is 10.9. The van der Waals surface area contributed by atoms with E-state index in [1.165, 1.54) is 11.6 Å². The molecule has 96 valence electrons. The third-order valence-corrected chi connectivity index (χ3v) is 2.85. The van der Waals surface area contributed by atoms with Crippen LogP contribution in [0.15, 0.2) is 42.5 Å². The average molecular weight is 256 g/mol. The average Bonchev–Trinajstić information content (AvgIpc) is 2.40. The van der Waals surface area contributed by atoms with E-state index < -0.39 is 11.6 Å². The van der Waals surface area contributed by atoms with E-state index in [0.29, 0.717) is 11.5 Å². The molecule has 0 aliphatic carbocycles. The molecule has 0 heterocycles. The summed E-state index contributed by atoms with van der Waals surface area (Å²) in [6.07, 6.45) is 0. The lowest BCUT2D eigenvalue weighted by atomic mass is 10.0. The van der Waals surface area contributed by atoms with Crippen LogP contribution in [0, 0.1) is 23.5 Å². The Balaban J connectivity index is 2.21. The molecule has 0 aliphatic heterocycles. The first-order chi connectivity index (χ1) is 9.06. The molecule has 2 heteroatoms. The van der Waals surface area contributed by atoms with Gasteiger partial charge in [0.25, 0.3) is 0 Å². The lowest BCUT2D eigenvalue weighted by Crippen LogP contribution is -1.87. The fourth-order valence-electron chi connectivity index (χ4n) is 1.67. The quantitative estimate of drug-likeness (QED) is 0.659. The molecule has 0 bridgehead atoms. The van der Waals surface area contributed by atoms with Crippen molar-refractivity contribution < 1.29 is 8.78 Å². The van der Waals surface area contributed by atoms with Crippen LogP contribution in [0.25, 0.3) is 0 Å². The minimum atomic E-state index is -0.873. The summed E-state index contributed by atoms with van der Waals surface area (Å²) in [7, 11) is 0. The summed E-state index contributed by atoms with van der Waals surface area (Å²) in [5.74, 6) is 4.51. The van der Waals surface area contributed by atoms with Gasteiger partial charge in [0.05, 0.1) is 0 Å². The highest BCUT2D eigenvalue weighted by atomic mass is 19.2. The Morgan fingerprint density at radius 3 is 1.95 bits per heavy atom. The zero-order valence-corrected chi connectivity index (χ0v) is 10.9. The van der Waals surface area contributed by atoms with Gasteiger partial charge in [0, 0.05) is 11.1 Å². The van der Waals surface area contributed by atoms with Crippen LogP contribution in [0.4, 0.5) is 8.78 Å². The predicted octanol–water partition coefficient (Wildman–Crippen LogP) is 4.49. The van der Waals surface area contributed by atoms with Gasteiger partial charge in [-0.15, -0.1) is 0 Å². The maximum absolute atomic E-state index is 13.0. The topological polar surface area (TPSA) is 0 Å². The molecule has 2 rings (SSSR count). The van der Waals surface area contributed by atoms with E-state index in [4.69, 9.17) is 0 Å². The summed E-state index contributed by atoms with van der Waals surface area (Å²) in [5.41, 5.74) is 2.57. The van der Waals surface area contributed by atoms with Crippen molar-refractivity contribution in [2.24, 2.45) is 0 Å². The third-order valence-electron chi connectivity index (χ3n) is 2.85. The third kappa shape index (κ3) is 3.42. The largest absolute Gasteiger partial charge is 0.204 e. The Hall–Kier alpha value is -2.14. The second-order valence-corrected chi connectivity index (χ2v) is 4.66. The van der Waals surface area contributed by atoms with E-state index in [-0.39, 0.29) is 0 Å². The molecule has 0 radical (unpaired) electrons. The first-order valence-electron chi connectivity index (χ1n) is 6.13. The SMILES string of the molecule is CC(C)c1ccc(C#Cc2ccc(F)c(F)c2)cc1. The van der Waals surface area contributed by atoms with Crippen LogP contribution in [-0.4, -0.2) is 0 Å². The van der Waals surface area contributed by atoms with E-state index in [9.17, 15) is 8.78 Å². The Morgan fingerprint density at radius 1 is 0.789 bits per heavy atom. The maximum Gasteiger partial charge on any atom is 0.160 e. The Morgan fingerprint density at radius 2 is 1.37 bits per heavy atom. The first-order valence-corrected chi connectivity index (χ1v) is 6.13. The van der Waals surface area contributed by atoms with Crippen LogP contribution in [0.3, 0.4) is 0 Å². The molecule has 0 spiro atoms. The Labute approximate surface area is 112 Å². The highest BCUT2D eigenvalue weighted by Gasteiger charge is 2.00. The molecule has 0 unspecified atom stereocenters. The van der Waals surface area contributed by atoms with Crippen LogP contribution in [-0.2, 0) is 0 Å². The minimum Gasteiger partial charge on any atom is -0.204 e. The summed E-state index contributed by atoms with van der Waals surface area (Å²) in [6, 6.07) is 11.6. The number of rotatable bonds is 1. The van der Waals surface area contributed by atoms with E-state index in [0.717, 1.165) is 17.7 Å². The zero-order chi connectivity index (χ0) is 13.8. The van der Waals surface area contributed by atoms with E-state index >= 15 is 0 Å². The molecule has 0 fully saturated rings. The molecule has 0 N–H and O–H groups in total. The molecule has 0 aromatic heterocycles. The standard InChI is InChI=1S/C17H14F2/c1-12(2)15-8-5-13(6-9-15)3-4-14-7-10-16(18)17(19)11-14/h5-12H,1-2H3. The van der Waals surface area contributed by atoms with Gasteiger partial charge >= 0.3 is 0 Å². The van der Waals surface area contributed by atoms with Crippen LogP contribution in [0.2, 0.25) is 0 Å². The second kappa shape index (κ2) is 5.67. The van der Waals surface area contributed by atoms with Crippen molar-refractivity contribution in [2.75, 3.05) is 0 Å². The predicted molar refractivity (Wildman–Crippen MR) is 72.9 cm³/mol. The number of hydrogen-bond donors (Lipinski definition) is 0. The highest BCUT2D eigenvalue weighted by Crippen LogP contribution is 2.14. The van der Waals surface area contributed by atoms with Gasteiger partial charge < -0.3 is 0 Å². The number of halogens is 2. The molecule has 0 nitrogen and oxygen atoms in total. The van der Waals surface area contributed by atoms with Crippen molar-refractivity contribution in [1.29, 1.82) is 0 Å². The van der Waals surface area contributed by atoms with Crippen LogP contribution in [0.1, 0.15) is 36.5 Å². The van der Waals surface area contributed by atoms with Gasteiger partial charge in [0.1, 0.15) is 0 Å². The first kappa shape index (κ1) is 13.3. The van der Waals surface area contributed by atoms with Gasteiger partial charge in [-0.25, -0.2) is 8.78 Å². The van der Waals surface area contributed by atoms with Gasteiger partial charge in [-0.3, -0.25) is 0 Å². The summed E-state index contributed by atoms with van der Waals surface area (Å²) < 4.78 is 25.8. The van der Waals surface area contributed by atoms with Gasteiger partial charge in [-0.2, -0.15) is 0 Å². The van der Waals surface area contributed by atoms with Crippen LogP contribution >= 0.6 is 0 Å². The van der Waals surface area contributed by atoms with E-state index in [1.54, 1.807) is 0 Å². The van der Waals surface area contributed by atoms with Gasteiger partial charge in [0.15, 0.2) is 11.6 Å². The summed E-state index contributed by atoms with van der Waals surface area (Å²) in [4.78, 5) is 0. The number of hydrogen-bond acceptors (Lipinski definition) is 0. The van der Waals surface area contributed by atoms with Gasteiger partial charge in [-0.1, -0.05) is 37.8 Å². The van der Waals surface area contributed by atoms with Crippen LogP contribution < -0.4 is 0 Å². The Bertz CT molecular complexity index is 629. The molecule has 0 aliphatic rings. The number of benzene rings is 2. The second-order valence-electron chi connectivity index (χ2n) is 4.66. The molecule has 19 heavy (non-hydrogen) atoms. The lowest BCUT2D eigenvalue weighted by Gasteiger charge is -2.03. The van der Waals surface area contributed by atoms with Crippen molar-refractivity contribution in [3.8, 4) is 11.8 Å². The molecule has 0 atom stereocenters. The van der Waals surface area contributed by atoms with Crippen molar-refractivity contribution in [3.63, 3.8) is 0 Å². The van der Waals surface area contributed by atoms with Crippen LogP contribution in [0.5, 0.6) is 0 Å². The minimum absolute atomic E-state index is 0.465. The molecular weight excluding hydrogens is 242 g/mol. The summed E-state index contributed by atoms with van der Waals surface area (Å²) in [6.45, 7) is 4.25. The van der Waals surface area contributed by atoms with Crippen molar-refractivity contribution in [2.45, 2.75) is 19.8 Å². The smallest absolute Gasteiger partial charge is 0.160 e. The monoisotopic (exact) mass is 256 g/mol. The highest BCUT2D eigenvalue weighted by molar-refractivity contribution is 5.43. The molecule has 0 saturated carbocycles. The van der Waals surface area contributed by atoms with E-state index in [2.05, 4.69) is 25.7 Å². The van der Waals surface area contributed by atoms with Crippen molar-refractivity contribution in [1.82, 2.24) is 0 Å². The van der Waals surface area contributed by atoms with Gasteiger partial charge in [-0.05, 0) is 41.8 Å². The Kier molecular flexibility index (Phi) is 3.97. The maximum atomic E-state index is 13.0. The summed E-state index contributed by atoms with van der Waals surface area (Å²) in [5, 5.41) is 0. The normalized spacial score (nSPS) is 10.2. The molecule has 2 aromatic rings. The molecular formula is C17H14F2.